The van der Waals surface area contributed by atoms with Gasteiger partial charge in [0.25, 0.3) is 11.8 Å². The standard InChI is InChI=1S/C23H25N7O4S.ClH/c1-29-10-12-30(13-11-29)35(33,34)16-8-6-15(7-9-16)19-14-26-21(24)20(27-19)23(32)28-18-5-3-2-4-17(18)22(25)31;/h2-9,14H,10-13H2,1H3,(H2,24,26)(H2,25,31)(H,28,32);1H. The van der Waals surface area contributed by atoms with E-state index in [9.17, 15) is 18.0 Å². The van der Waals surface area contributed by atoms with Gasteiger partial charge < -0.3 is 21.7 Å². The lowest BCUT2D eigenvalue weighted by molar-refractivity contribution is 0.100. The number of halogens is 1. The number of piperazine rings is 1. The Bertz CT molecular complexity index is 1380. The lowest BCUT2D eigenvalue weighted by Crippen LogP contribution is -2.46. The van der Waals surface area contributed by atoms with E-state index in [1.807, 2.05) is 7.05 Å². The largest absolute Gasteiger partial charge is 0.382 e. The molecule has 0 bridgehead atoms. The Hall–Kier alpha value is -3.58. The molecule has 0 unspecified atom stereocenters. The number of likely N-dealkylation sites (N-methyl/N-ethyl adjacent to an activating group) is 1. The smallest absolute Gasteiger partial charge is 0.278 e. The third-order valence-corrected chi connectivity index (χ3v) is 7.62. The molecule has 4 rings (SSSR count). The Kier molecular flexibility index (Phi) is 8.25. The summed E-state index contributed by atoms with van der Waals surface area (Å²) in [6.45, 7) is 2.21. The Morgan fingerprint density at radius 2 is 1.64 bits per heavy atom. The van der Waals surface area contributed by atoms with E-state index in [1.165, 1.54) is 34.8 Å². The molecule has 5 N–H and O–H groups in total. The first-order valence-corrected chi connectivity index (χ1v) is 12.2. The van der Waals surface area contributed by atoms with Crippen molar-refractivity contribution in [1.29, 1.82) is 0 Å². The minimum atomic E-state index is -3.61. The molecule has 1 aliphatic rings. The van der Waals surface area contributed by atoms with Crippen molar-refractivity contribution in [2.24, 2.45) is 5.73 Å². The first-order valence-electron chi connectivity index (χ1n) is 10.8. The summed E-state index contributed by atoms with van der Waals surface area (Å²) in [4.78, 5) is 35.1. The highest BCUT2D eigenvalue weighted by Crippen LogP contribution is 2.24. The first kappa shape index (κ1) is 27.0. The maximum atomic E-state index is 13.0. The Labute approximate surface area is 215 Å². The summed E-state index contributed by atoms with van der Waals surface area (Å²) in [5, 5.41) is 2.59. The Morgan fingerprint density at radius 1 is 1.00 bits per heavy atom. The molecule has 2 aromatic carbocycles. The number of hydrogen-bond donors (Lipinski definition) is 3. The van der Waals surface area contributed by atoms with Gasteiger partial charge in [0.2, 0.25) is 10.0 Å². The van der Waals surface area contributed by atoms with Gasteiger partial charge in [-0.3, -0.25) is 9.59 Å². The van der Waals surface area contributed by atoms with Gasteiger partial charge in [0.05, 0.1) is 28.0 Å². The zero-order chi connectivity index (χ0) is 25.2. The molecule has 0 spiro atoms. The molecule has 2 amide bonds. The average Bonchev–Trinajstić information content (AvgIpc) is 2.85. The van der Waals surface area contributed by atoms with E-state index in [1.54, 1.807) is 24.3 Å². The van der Waals surface area contributed by atoms with Crippen LogP contribution in [-0.4, -0.2) is 72.6 Å². The minimum Gasteiger partial charge on any atom is -0.382 e. The monoisotopic (exact) mass is 531 g/mol. The molecule has 0 saturated carbocycles. The van der Waals surface area contributed by atoms with Crippen molar-refractivity contribution in [2.75, 3.05) is 44.3 Å². The number of primary amides is 1. The third-order valence-electron chi connectivity index (χ3n) is 5.71. The van der Waals surface area contributed by atoms with E-state index < -0.39 is 21.8 Å². The van der Waals surface area contributed by atoms with Gasteiger partial charge in [-0.2, -0.15) is 4.31 Å². The molecular formula is C23H26ClN7O4S. The molecule has 36 heavy (non-hydrogen) atoms. The summed E-state index contributed by atoms with van der Waals surface area (Å²) in [6, 6.07) is 12.5. The fraction of sp³-hybridized carbons (Fsp3) is 0.217. The molecule has 190 valence electrons. The van der Waals surface area contributed by atoms with Crippen molar-refractivity contribution in [3.8, 4) is 11.3 Å². The van der Waals surface area contributed by atoms with Crippen LogP contribution in [0.1, 0.15) is 20.8 Å². The highest BCUT2D eigenvalue weighted by molar-refractivity contribution is 7.89. The van der Waals surface area contributed by atoms with Gasteiger partial charge in [-0.1, -0.05) is 24.3 Å². The first-order chi connectivity index (χ1) is 16.7. The molecular weight excluding hydrogens is 506 g/mol. The van der Waals surface area contributed by atoms with Gasteiger partial charge in [0.15, 0.2) is 11.5 Å². The van der Waals surface area contributed by atoms with Crippen molar-refractivity contribution < 1.29 is 18.0 Å². The number of carbonyl (C=O) groups is 2. The molecule has 0 atom stereocenters. The molecule has 1 fully saturated rings. The van der Waals surface area contributed by atoms with Crippen LogP contribution in [0.25, 0.3) is 11.3 Å². The van der Waals surface area contributed by atoms with E-state index in [0.717, 1.165) is 0 Å². The number of rotatable bonds is 6. The second kappa shape index (κ2) is 11.0. The molecule has 0 radical (unpaired) electrons. The fourth-order valence-electron chi connectivity index (χ4n) is 3.67. The zero-order valence-corrected chi connectivity index (χ0v) is 21.1. The predicted molar refractivity (Wildman–Crippen MR) is 138 cm³/mol. The SMILES string of the molecule is CN1CCN(S(=O)(=O)c2ccc(-c3cnc(N)c(C(=O)Nc4ccccc4C(N)=O)n3)cc2)CC1.Cl. The summed E-state index contributed by atoms with van der Waals surface area (Å²) in [7, 11) is -1.65. The van der Waals surface area contributed by atoms with Gasteiger partial charge in [-0.15, -0.1) is 12.4 Å². The summed E-state index contributed by atoms with van der Waals surface area (Å²) >= 11 is 0. The van der Waals surface area contributed by atoms with Crippen LogP contribution in [0.2, 0.25) is 0 Å². The highest BCUT2D eigenvalue weighted by Gasteiger charge is 2.27. The third kappa shape index (κ3) is 5.62. The summed E-state index contributed by atoms with van der Waals surface area (Å²) < 4.78 is 27.4. The van der Waals surface area contributed by atoms with E-state index >= 15 is 0 Å². The quantitative estimate of drug-likeness (QED) is 0.429. The van der Waals surface area contributed by atoms with Gasteiger partial charge in [-0.25, -0.2) is 18.4 Å². The van der Waals surface area contributed by atoms with Crippen molar-refractivity contribution in [2.45, 2.75) is 4.90 Å². The molecule has 0 aliphatic carbocycles. The van der Waals surface area contributed by atoms with Crippen molar-refractivity contribution in [1.82, 2.24) is 19.2 Å². The highest BCUT2D eigenvalue weighted by atomic mass is 35.5. The number of amides is 2. The van der Waals surface area contributed by atoms with Crippen LogP contribution in [0.4, 0.5) is 11.5 Å². The molecule has 1 saturated heterocycles. The number of nitrogens with one attached hydrogen (secondary N) is 1. The van der Waals surface area contributed by atoms with Crippen LogP contribution >= 0.6 is 12.4 Å². The number of nitrogens with two attached hydrogens (primary N) is 2. The Balaban J connectivity index is 0.00000361. The second-order valence-corrected chi connectivity index (χ2v) is 10.0. The lowest BCUT2D eigenvalue weighted by atomic mass is 10.1. The number of sulfonamides is 1. The number of carbonyl (C=O) groups excluding carboxylic acids is 2. The van der Waals surface area contributed by atoms with Gasteiger partial charge in [-0.05, 0) is 31.3 Å². The summed E-state index contributed by atoms with van der Waals surface area (Å²) in [5.41, 5.74) is 12.3. The number of benzene rings is 2. The van der Waals surface area contributed by atoms with Gasteiger partial charge >= 0.3 is 0 Å². The van der Waals surface area contributed by atoms with Crippen LogP contribution in [0.15, 0.2) is 59.6 Å². The number of hydrogen-bond acceptors (Lipinski definition) is 8. The van der Waals surface area contributed by atoms with E-state index in [4.69, 9.17) is 11.5 Å². The van der Waals surface area contributed by atoms with Crippen LogP contribution < -0.4 is 16.8 Å². The summed E-state index contributed by atoms with van der Waals surface area (Å²) in [5.74, 6) is -1.46. The van der Waals surface area contributed by atoms with Crippen LogP contribution in [0.3, 0.4) is 0 Å². The zero-order valence-electron chi connectivity index (χ0n) is 19.4. The van der Waals surface area contributed by atoms with Crippen LogP contribution in [0.5, 0.6) is 0 Å². The molecule has 11 nitrogen and oxygen atoms in total. The minimum absolute atomic E-state index is 0. The number of aromatic nitrogens is 2. The van der Waals surface area contributed by atoms with Crippen molar-refractivity contribution in [3.63, 3.8) is 0 Å². The molecule has 2 heterocycles. The lowest BCUT2D eigenvalue weighted by Gasteiger charge is -2.31. The normalized spacial score (nSPS) is 14.6. The number of anilines is 2. The molecule has 3 aromatic rings. The molecule has 1 aliphatic heterocycles. The molecule has 1 aromatic heterocycles. The van der Waals surface area contributed by atoms with Crippen molar-refractivity contribution in [3.05, 3.63) is 66.0 Å². The van der Waals surface area contributed by atoms with Crippen LogP contribution in [0, 0.1) is 0 Å². The van der Waals surface area contributed by atoms with E-state index in [-0.39, 0.29) is 40.1 Å². The number of nitrogen functional groups attached to an aromatic ring is 1. The van der Waals surface area contributed by atoms with E-state index in [2.05, 4.69) is 20.2 Å². The second-order valence-electron chi connectivity index (χ2n) is 8.08. The number of nitrogens with zero attached hydrogens (tertiary/aromatic N) is 4. The Morgan fingerprint density at radius 3 is 2.28 bits per heavy atom. The maximum Gasteiger partial charge on any atom is 0.278 e. The topological polar surface area (TPSA) is 165 Å². The maximum absolute atomic E-state index is 13.0. The van der Waals surface area contributed by atoms with Gasteiger partial charge in [0.1, 0.15) is 0 Å². The predicted octanol–water partition coefficient (Wildman–Crippen LogP) is 1.43. The molecule has 13 heteroatoms. The van der Waals surface area contributed by atoms with E-state index in [0.29, 0.717) is 37.4 Å². The van der Waals surface area contributed by atoms with Crippen molar-refractivity contribution >= 4 is 45.7 Å². The average molecular weight is 532 g/mol. The van der Waals surface area contributed by atoms with Crippen LogP contribution in [-0.2, 0) is 10.0 Å². The number of para-hydroxylation sites is 1. The van der Waals surface area contributed by atoms with Gasteiger partial charge in [0, 0.05) is 31.7 Å². The summed E-state index contributed by atoms with van der Waals surface area (Å²) in [6.07, 6.45) is 1.40. The fourth-order valence-corrected chi connectivity index (χ4v) is 5.09.